The fourth-order valence-corrected chi connectivity index (χ4v) is 1.89. The molecule has 2 heteroatoms. The van der Waals surface area contributed by atoms with E-state index in [1.165, 1.54) is 0 Å². The van der Waals surface area contributed by atoms with Crippen molar-refractivity contribution >= 4 is 5.78 Å². The minimum Gasteiger partial charge on any atom is -0.388 e. The van der Waals surface area contributed by atoms with Crippen LogP contribution in [0.15, 0.2) is 54.6 Å². The molecule has 2 aromatic rings. The van der Waals surface area contributed by atoms with Crippen LogP contribution < -0.4 is 0 Å². The van der Waals surface area contributed by atoms with Crippen molar-refractivity contribution in [2.24, 2.45) is 0 Å². The Labute approximate surface area is 107 Å². The largest absolute Gasteiger partial charge is 0.388 e. The van der Waals surface area contributed by atoms with Crippen LogP contribution in [0, 0.1) is 0 Å². The van der Waals surface area contributed by atoms with E-state index in [0.717, 1.165) is 11.1 Å². The molecule has 0 saturated heterocycles. The molecule has 0 aliphatic rings. The van der Waals surface area contributed by atoms with E-state index in [2.05, 4.69) is 0 Å². The lowest BCUT2D eigenvalue weighted by Crippen LogP contribution is -2.02. The van der Waals surface area contributed by atoms with Gasteiger partial charge in [0.2, 0.25) is 0 Å². The highest BCUT2D eigenvalue weighted by atomic mass is 16.3. The first-order valence-corrected chi connectivity index (χ1v) is 5.99. The lowest BCUT2D eigenvalue weighted by Gasteiger charge is -2.11. The molecule has 2 nitrogen and oxygen atoms in total. The molecule has 2 aromatic carbocycles. The average molecular weight is 240 g/mol. The molecule has 0 saturated carbocycles. The molecule has 92 valence electrons. The Morgan fingerprint density at radius 2 is 1.67 bits per heavy atom. The van der Waals surface area contributed by atoms with E-state index < -0.39 is 6.10 Å². The molecule has 0 aromatic heterocycles. The Bertz CT molecular complexity index is 515. The summed E-state index contributed by atoms with van der Waals surface area (Å²) in [5.41, 5.74) is 2.64. The van der Waals surface area contributed by atoms with Gasteiger partial charge in [0.15, 0.2) is 5.78 Å². The maximum absolute atomic E-state index is 11.2. The molecule has 0 bridgehead atoms. The Balaban J connectivity index is 2.08. The first-order chi connectivity index (χ1) is 8.66. The van der Waals surface area contributed by atoms with Crippen LogP contribution in [-0.4, -0.2) is 10.9 Å². The topological polar surface area (TPSA) is 37.3 Å². The van der Waals surface area contributed by atoms with Gasteiger partial charge in [-0.3, -0.25) is 4.79 Å². The van der Waals surface area contributed by atoms with Crippen LogP contribution in [0.2, 0.25) is 0 Å². The standard InChI is InChI=1S/C16H16O2/c1-12(17)14-9-7-13(8-10-14)11-16(18)15-5-3-2-4-6-15/h2-10,16,18H,11H2,1H3. The predicted octanol–water partition coefficient (Wildman–Crippen LogP) is 3.17. The highest BCUT2D eigenvalue weighted by Gasteiger charge is 2.08. The second kappa shape index (κ2) is 5.61. The van der Waals surface area contributed by atoms with Crippen LogP contribution >= 0.6 is 0 Å². The number of carbonyl (C=O) groups excluding carboxylic acids is 1. The molecule has 0 aliphatic heterocycles. The first-order valence-electron chi connectivity index (χ1n) is 5.99. The second-order valence-corrected chi connectivity index (χ2v) is 4.38. The van der Waals surface area contributed by atoms with Gasteiger partial charge in [-0.05, 0) is 18.1 Å². The van der Waals surface area contributed by atoms with Crippen LogP contribution in [-0.2, 0) is 6.42 Å². The van der Waals surface area contributed by atoms with Gasteiger partial charge in [0.05, 0.1) is 6.10 Å². The SMILES string of the molecule is CC(=O)c1ccc(CC(O)c2ccccc2)cc1. The van der Waals surface area contributed by atoms with Crippen LogP contribution in [0.4, 0.5) is 0 Å². The van der Waals surface area contributed by atoms with Gasteiger partial charge >= 0.3 is 0 Å². The van der Waals surface area contributed by atoms with Crippen molar-refractivity contribution in [2.75, 3.05) is 0 Å². The molecule has 0 radical (unpaired) electrons. The zero-order valence-electron chi connectivity index (χ0n) is 10.3. The number of benzene rings is 2. The van der Waals surface area contributed by atoms with Gasteiger partial charge in [0.25, 0.3) is 0 Å². The van der Waals surface area contributed by atoms with Crippen molar-refractivity contribution in [2.45, 2.75) is 19.4 Å². The van der Waals surface area contributed by atoms with Gasteiger partial charge < -0.3 is 5.11 Å². The fraction of sp³-hybridized carbons (Fsp3) is 0.188. The number of hydrogen-bond donors (Lipinski definition) is 1. The maximum atomic E-state index is 11.2. The first kappa shape index (κ1) is 12.5. The summed E-state index contributed by atoms with van der Waals surface area (Å²) in [6.45, 7) is 1.55. The Morgan fingerprint density at radius 1 is 1.06 bits per heavy atom. The van der Waals surface area contributed by atoms with Gasteiger partial charge in [-0.1, -0.05) is 54.6 Å². The quantitative estimate of drug-likeness (QED) is 0.833. The minimum atomic E-state index is -0.505. The molecule has 0 fully saturated rings. The predicted molar refractivity (Wildman–Crippen MR) is 71.6 cm³/mol. The van der Waals surface area contributed by atoms with E-state index in [1.54, 1.807) is 19.1 Å². The van der Waals surface area contributed by atoms with E-state index in [-0.39, 0.29) is 5.78 Å². The Kier molecular flexibility index (Phi) is 3.90. The zero-order valence-corrected chi connectivity index (χ0v) is 10.3. The van der Waals surface area contributed by atoms with Gasteiger partial charge in [-0.25, -0.2) is 0 Å². The van der Waals surface area contributed by atoms with Gasteiger partial charge in [-0.15, -0.1) is 0 Å². The van der Waals surface area contributed by atoms with E-state index in [9.17, 15) is 9.90 Å². The number of ketones is 1. The van der Waals surface area contributed by atoms with Gasteiger partial charge in [-0.2, -0.15) is 0 Å². The fourth-order valence-electron chi connectivity index (χ4n) is 1.89. The summed E-state index contributed by atoms with van der Waals surface area (Å²) in [5, 5.41) is 10.1. The highest BCUT2D eigenvalue weighted by molar-refractivity contribution is 5.93. The molecule has 1 N–H and O–H groups in total. The Morgan fingerprint density at radius 3 is 2.22 bits per heavy atom. The number of aliphatic hydroxyl groups is 1. The lowest BCUT2D eigenvalue weighted by atomic mass is 10.00. The van der Waals surface area contributed by atoms with Gasteiger partial charge in [0.1, 0.15) is 0 Å². The van der Waals surface area contributed by atoms with Crippen molar-refractivity contribution in [1.29, 1.82) is 0 Å². The summed E-state index contributed by atoms with van der Waals surface area (Å²) >= 11 is 0. The van der Waals surface area contributed by atoms with E-state index >= 15 is 0 Å². The molecular weight excluding hydrogens is 224 g/mol. The van der Waals surface area contributed by atoms with E-state index in [4.69, 9.17) is 0 Å². The summed E-state index contributed by atoms with van der Waals surface area (Å²) in [7, 11) is 0. The third-order valence-corrected chi connectivity index (χ3v) is 2.97. The van der Waals surface area contributed by atoms with Crippen molar-refractivity contribution in [3.05, 3.63) is 71.3 Å². The number of aliphatic hydroxyl groups excluding tert-OH is 1. The summed E-state index contributed by atoms with van der Waals surface area (Å²) < 4.78 is 0. The van der Waals surface area contributed by atoms with Crippen molar-refractivity contribution in [3.8, 4) is 0 Å². The number of Topliss-reactive ketones (excluding diaryl/α,β-unsaturated/α-hetero) is 1. The number of carbonyl (C=O) groups is 1. The maximum Gasteiger partial charge on any atom is 0.159 e. The summed E-state index contributed by atoms with van der Waals surface area (Å²) in [6.07, 6.45) is 0.0525. The smallest absolute Gasteiger partial charge is 0.159 e. The summed E-state index contributed by atoms with van der Waals surface area (Å²) in [5.74, 6) is 0.0603. The van der Waals surface area contributed by atoms with Crippen molar-refractivity contribution in [3.63, 3.8) is 0 Å². The van der Waals surface area contributed by atoms with Crippen molar-refractivity contribution < 1.29 is 9.90 Å². The molecule has 1 unspecified atom stereocenters. The molecule has 1 atom stereocenters. The van der Waals surface area contributed by atoms with Crippen LogP contribution in [0.1, 0.15) is 34.5 Å². The van der Waals surface area contributed by atoms with Gasteiger partial charge in [0, 0.05) is 12.0 Å². The summed E-state index contributed by atoms with van der Waals surface area (Å²) in [4.78, 5) is 11.2. The second-order valence-electron chi connectivity index (χ2n) is 4.38. The van der Waals surface area contributed by atoms with Crippen LogP contribution in [0.3, 0.4) is 0 Å². The monoisotopic (exact) mass is 240 g/mol. The average Bonchev–Trinajstić information content (AvgIpc) is 2.40. The number of hydrogen-bond acceptors (Lipinski definition) is 2. The summed E-state index contributed by atoms with van der Waals surface area (Å²) in [6, 6.07) is 17.0. The highest BCUT2D eigenvalue weighted by Crippen LogP contribution is 2.18. The minimum absolute atomic E-state index is 0.0603. The molecule has 2 rings (SSSR count). The van der Waals surface area contributed by atoms with E-state index in [0.29, 0.717) is 12.0 Å². The number of rotatable bonds is 4. The lowest BCUT2D eigenvalue weighted by molar-refractivity contribution is 0.101. The molecule has 0 heterocycles. The molecule has 0 spiro atoms. The van der Waals surface area contributed by atoms with E-state index in [1.807, 2.05) is 42.5 Å². The normalized spacial score (nSPS) is 12.1. The molecule has 0 amide bonds. The Hall–Kier alpha value is -1.93. The third-order valence-electron chi connectivity index (χ3n) is 2.97. The zero-order chi connectivity index (χ0) is 13.0. The molecular formula is C16H16O2. The third kappa shape index (κ3) is 3.05. The van der Waals surface area contributed by atoms with Crippen LogP contribution in [0.25, 0.3) is 0 Å². The van der Waals surface area contributed by atoms with Crippen molar-refractivity contribution in [1.82, 2.24) is 0 Å². The molecule has 18 heavy (non-hydrogen) atoms. The van der Waals surface area contributed by atoms with Crippen LogP contribution in [0.5, 0.6) is 0 Å². The molecule has 0 aliphatic carbocycles.